The average Bonchev–Trinajstić information content (AvgIpc) is 2.22. The fraction of sp³-hybridized carbons (Fsp3) is 0.750. The first-order chi connectivity index (χ1) is 7.33. The maximum Gasteiger partial charge on any atom is 0.306 e. The van der Waals surface area contributed by atoms with Crippen molar-refractivity contribution in [3.8, 4) is 6.07 Å². The zero-order valence-corrected chi connectivity index (χ0v) is 9.82. The molecule has 0 spiro atoms. The van der Waals surface area contributed by atoms with Gasteiger partial charge in [-0.1, -0.05) is 0 Å². The lowest BCUT2D eigenvalue weighted by atomic mass is 10.2. The van der Waals surface area contributed by atoms with E-state index in [1.165, 1.54) is 14.0 Å². The highest BCUT2D eigenvalue weighted by Crippen LogP contribution is 2.00. The van der Waals surface area contributed by atoms with Gasteiger partial charge in [-0.2, -0.15) is 5.26 Å². The number of carboxylic acids is 1. The molecule has 0 aliphatic heterocycles. The van der Waals surface area contributed by atoms with Gasteiger partial charge in [0.2, 0.25) is 10.0 Å². The summed E-state index contributed by atoms with van der Waals surface area (Å²) in [5, 5.41) is 15.7. The van der Waals surface area contributed by atoms with E-state index < -0.39 is 27.3 Å². The minimum absolute atomic E-state index is 0.169. The molecule has 0 saturated carbocycles. The minimum atomic E-state index is -3.74. The molecular weight excluding hydrogens is 236 g/mol. The number of aliphatic carboxylic acids is 1. The Labute approximate surface area is 94.1 Å². The second kappa shape index (κ2) is 6.42. The molecule has 92 valence electrons. The lowest BCUT2D eigenvalue weighted by Gasteiger charge is -2.14. The van der Waals surface area contributed by atoms with E-state index in [2.05, 4.69) is 4.72 Å². The summed E-state index contributed by atoms with van der Waals surface area (Å²) >= 11 is 0. The summed E-state index contributed by atoms with van der Waals surface area (Å²) in [5.41, 5.74) is 0. The van der Waals surface area contributed by atoms with Gasteiger partial charge in [-0.3, -0.25) is 4.79 Å². The monoisotopic (exact) mass is 250 g/mol. The van der Waals surface area contributed by atoms with E-state index in [1.807, 2.05) is 0 Å². The van der Waals surface area contributed by atoms with Gasteiger partial charge in [0.15, 0.2) is 5.25 Å². The normalized spacial score (nSPS) is 15.1. The Morgan fingerprint density at radius 3 is 2.56 bits per heavy atom. The zero-order valence-electron chi connectivity index (χ0n) is 9.00. The van der Waals surface area contributed by atoms with E-state index in [9.17, 15) is 13.2 Å². The van der Waals surface area contributed by atoms with Crippen LogP contribution < -0.4 is 4.72 Å². The maximum absolute atomic E-state index is 11.3. The number of ether oxygens (including phenoxy) is 1. The van der Waals surface area contributed by atoms with Crippen molar-refractivity contribution in [1.29, 1.82) is 5.26 Å². The number of carboxylic acid groups (broad SMARTS) is 1. The largest absolute Gasteiger partial charge is 0.481 e. The number of carbonyl (C=O) groups is 1. The van der Waals surface area contributed by atoms with Gasteiger partial charge in [-0.25, -0.2) is 13.1 Å². The van der Waals surface area contributed by atoms with Crippen LogP contribution in [0, 0.1) is 11.3 Å². The van der Waals surface area contributed by atoms with Gasteiger partial charge in [0.1, 0.15) is 0 Å². The van der Waals surface area contributed by atoms with Crippen molar-refractivity contribution >= 4 is 16.0 Å². The molecule has 2 N–H and O–H groups in total. The number of hydrogen-bond donors (Lipinski definition) is 2. The van der Waals surface area contributed by atoms with Crippen LogP contribution in [0.1, 0.15) is 13.3 Å². The van der Waals surface area contributed by atoms with Gasteiger partial charge in [0.25, 0.3) is 0 Å². The standard InChI is InChI=1S/C8H14N2O5S/c1-6(4-9)16(13,14)10-5-7(15-2)3-8(11)12/h6-7,10H,3,5H2,1-2H3,(H,11,12). The Hall–Kier alpha value is -1.17. The number of nitrogens with one attached hydrogen (secondary N) is 1. The molecule has 0 aliphatic carbocycles. The van der Waals surface area contributed by atoms with Crippen molar-refractivity contribution in [2.45, 2.75) is 24.7 Å². The van der Waals surface area contributed by atoms with E-state index in [1.54, 1.807) is 6.07 Å². The van der Waals surface area contributed by atoms with Crippen LogP contribution in [0.5, 0.6) is 0 Å². The molecule has 0 fully saturated rings. The molecule has 0 aliphatic rings. The molecule has 0 heterocycles. The van der Waals surface area contributed by atoms with Crippen molar-refractivity contribution in [3.05, 3.63) is 0 Å². The third-order valence-electron chi connectivity index (χ3n) is 1.90. The molecule has 7 nitrogen and oxygen atoms in total. The van der Waals surface area contributed by atoms with Gasteiger partial charge in [-0.15, -0.1) is 0 Å². The molecular formula is C8H14N2O5S. The maximum atomic E-state index is 11.3. The van der Waals surface area contributed by atoms with Crippen molar-refractivity contribution in [2.75, 3.05) is 13.7 Å². The van der Waals surface area contributed by atoms with Crippen LogP contribution in [0.3, 0.4) is 0 Å². The van der Waals surface area contributed by atoms with Gasteiger partial charge < -0.3 is 9.84 Å². The van der Waals surface area contributed by atoms with E-state index in [0.717, 1.165) is 0 Å². The highest BCUT2D eigenvalue weighted by molar-refractivity contribution is 7.90. The van der Waals surface area contributed by atoms with Crippen LogP contribution in [0.2, 0.25) is 0 Å². The van der Waals surface area contributed by atoms with Crippen LogP contribution in [0.4, 0.5) is 0 Å². The molecule has 8 heteroatoms. The predicted octanol–water partition coefficient (Wildman–Crippen LogP) is -0.692. The Bertz CT molecular complexity index is 372. The van der Waals surface area contributed by atoms with Crippen LogP contribution in [-0.2, 0) is 19.6 Å². The van der Waals surface area contributed by atoms with E-state index in [-0.39, 0.29) is 13.0 Å². The van der Waals surface area contributed by atoms with E-state index in [0.29, 0.717) is 0 Å². The zero-order chi connectivity index (χ0) is 12.8. The van der Waals surface area contributed by atoms with Crippen LogP contribution >= 0.6 is 0 Å². The van der Waals surface area contributed by atoms with Crippen molar-refractivity contribution in [2.24, 2.45) is 0 Å². The first kappa shape index (κ1) is 14.8. The van der Waals surface area contributed by atoms with Gasteiger partial charge in [0.05, 0.1) is 18.6 Å². The summed E-state index contributed by atoms with van der Waals surface area (Å²) in [6, 6.07) is 1.58. The Kier molecular flexibility index (Phi) is 5.95. The van der Waals surface area contributed by atoms with Gasteiger partial charge >= 0.3 is 5.97 Å². The lowest BCUT2D eigenvalue weighted by Crippen LogP contribution is -2.38. The number of rotatable bonds is 7. The molecule has 2 atom stereocenters. The Morgan fingerprint density at radius 1 is 1.62 bits per heavy atom. The van der Waals surface area contributed by atoms with E-state index >= 15 is 0 Å². The number of methoxy groups -OCH3 is 1. The first-order valence-electron chi connectivity index (χ1n) is 4.46. The van der Waals surface area contributed by atoms with Crippen LogP contribution in [0.25, 0.3) is 0 Å². The minimum Gasteiger partial charge on any atom is -0.481 e. The second-order valence-electron chi connectivity index (χ2n) is 3.12. The molecule has 0 aromatic rings. The molecule has 0 aromatic heterocycles. The van der Waals surface area contributed by atoms with E-state index in [4.69, 9.17) is 15.1 Å². The topological polar surface area (TPSA) is 116 Å². The first-order valence-corrected chi connectivity index (χ1v) is 6.00. The highest BCUT2D eigenvalue weighted by Gasteiger charge is 2.22. The SMILES string of the molecule is COC(CNS(=O)(=O)C(C)C#N)CC(=O)O. The van der Waals surface area contributed by atoms with Crippen LogP contribution in [-0.4, -0.2) is 44.5 Å². The molecule has 0 saturated heterocycles. The van der Waals surface area contributed by atoms with Crippen molar-refractivity contribution in [1.82, 2.24) is 4.72 Å². The van der Waals surface area contributed by atoms with Crippen molar-refractivity contribution in [3.63, 3.8) is 0 Å². The summed E-state index contributed by atoms with van der Waals surface area (Å²) in [6.07, 6.45) is -1.06. The van der Waals surface area contributed by atoms with Crippen molar-refractivity contribution < 1.29 is 23.1 Å². The Balaban J connectivity index is 4.33. The molecule has 2 unspecified atom stereocenters. The summed E-state index contributed by atoms with van der Waals surface area (Å²) in [7, 11) is -2.45. The summed E-state index contributed by atoms with van der Waals surface area (Å²) in [5.74, 6) is -1.08. The third kappa shape index (κ3) is 5.06. The summed E-state index contributed by atoms with van der Waals surface area (Å²) in [6.45, 7) is 1.07. The highest BCUT2D eigenvalue weighted by atomic mass is 32.2. The number of sulfonamides is 1. The van der Waals surface area contributed by atoms with Gasteiger partial charge in [-0.05, 0) is 6.92 Å². The second-order valence-corrected chi connectivity index (χ2v) is 5.21. The third-order valence-corrected chi connectivity index (χ3v) is 3.50. The number of nitriles is 1. The average molecular weight is 250 g/mol. The van der Waals surface area contributed by atoms with Crippen LogP contribution in [0.15, 0.2) is 0 Å². The van der Waals surface area contributed by atoms with Gasteiger partial charge in [0, 0.05) is 13.7 Å². The Morgan fingerprint density at radius 2 is 2.19 bits per heavy atom. The molecule has 16 heavy (non-hydrogen) atoms. The quantitative estimate of drug-likeness (QED) is 0.617. The molecule has 0 aromatic carbocycles. The molecule has 0 amide bonds. The molecule has 0 radical (unpaired) electrons. The fourth-order valence-corrected chi connectivity index (χ4v) is 1.64. The smallest absolute Gasteiger partial charge is 0.306 e. The summed E-state index contributed by atoms with van der Waals surface area (Å²) in [4.78, 5) is 10.4. The number of nitrogens with zero attached hydrogens (tertiary/aromatic N) is 1. The lowest BCUT2D eigenvalue weighted by molar-refractivity contribution is -0.139. The fourth-order valence-electron chi connectivity index (χ4n) is 0.837. The number of hydrogen-bond acceptors (Lipinski definition) is 5. The molecule has 0 bridgehead atoms. The summed E-state index contributed by atoms with van der Waals surface area (Å²) < 4.78 is 29.6. The molecule has 0 rings (SSSR count). The predicted molar refractivity (Wildman–Crippen MR) is 55.0 cm³/mol.